The maximum absolute atomic E-state index is 12.1. The second-order valence-corrected chi connectivity index (χ2v) is 7.80. The van der Waals surface area contributed by atoms with E-state index >= 15 is 0 Å². The number of aliphatic hydroxyl groups is 1. The van der Waals surface area contributed by atoms with Crippen LogP contribution in [0.5, 0.6) is 0 Å². The predicted molar refractivity (Wildman–Crippen MR) is 87.0 cm³/mol. The number of aryl methyl sites for hydroxylation is 1. The zero-order chi connectivity index (χ0) is 17.9. The van der Waals surface area contributed by atoms with Crippen molar-refractivity contribution in [3.63, 3.8) is 0 Å². The van der Waals surface area contributed by atoms with Crippen molar-refractivity contribution in [1.82, 2.24) is 14.5 Å². The Morgan fingerprint density at radius 3 is 2.67 bits per heavy atom. The first-order valence-corrected chi connectivity index (χ1v) is 8.06. The number of nitrogens with one attached hydrogen (secondary N) is 1. The third kappa shape index (κ3) is 2.63. The normalized spacial score (nSPS) is 32.7. The van der Waals surface area contributed by atoms with Gasteiger partial charge in [0.2, 0.25) is 0 Å². The van der Waals surface area contributed by atoms with Gasteiger partial charge in [-0.05, 0) is 34.7 Å². The molecule has 1 aromatic heterocycles. The Morgan fingerprint density at radius 1 is 1.46 bits per heavy atom. The van der Waals surface area contributed by atoms with Crippen LogP contribution < -0.4 is 11.2 Å². The molecule has 0 amide bonds. The average Bonchev–Trinajstić information content (AvgIpc) is 2.62. The number of hydrogen-bond donors (Lipinski definition) is 2. The van der Waals surface area contributed by atoms with Gasteiger partial charge < -0.3 is 14.6 Å². The molecule has 2 aliphatic rings. The maximum atomic E-state index is 12.1. The van der Waals surface area contributed by atoms with E-state index in [-0.39, 0.29) is 5.54 Å². The van der Waals surface area contributed by atoms with Crippen molar-refractivity contribution < 1.29 is 14.6 Å². The highest BCUT2D eigenvalue weighted by molar-refractivity contribution is 5.11. The molecule has 8 heteroatoms. The lowest BCUT2D eigenvalue weighted by molar-refractivity contribution is -0.241. The molecule has 0 bridgehead atoms. The Hall–Kier alpha value is -1.48. The molecule has 2 fully saturated rings. The quantitative estimate of drug-likeness (QED) is 0.778. The van der Waals surface area contributed by atoms with Gasteiger partial charge in [-0.1, -0.05) is 0 Å². The average molecular weight is 339 g/mol. The molecular formula is C16H25N3O5. The van der Waals surface area contributed by atoms with Crippen molar-refractivity contribution >= 4 is 0 Å². The lowest BCUT2D eigenvalue weighted by Gasteiger charge is -2.47. The van der Waals surface area contributed by atoms with Gasteiger partial charge in [-0.25, -0.2) is 4.79 Å². The van der Waals surface area contributed by atoms with Gasteiger partial charge in [0.15, 0.2) is 6.23 Å². The van der Waals surface area contributed by atoms with Crippen LogP contribution in [0.2, 0.25) is 0 Å². The number of fused-ring (bicyclic) bond motifs is 1. The van der Waals surface area contributed by atoms with Crippen LogP contribution in [0.15, 0.2) is 15.8 Å². The molecule has 2 saturated heterocycles. The van der Waals surface area contributed by atoms with Crippen LogP contribution in [0.1, 0.15) is 32.6 Å². The van der Waals surface area contributed by atoms with Crippen molar-refractivity contribution in [1.29, 1.82) is 0 Å². The van der Waals surface area contributed by atoms with Gasteiger partial charge in [-0.2, -0.15) is 0 Å². The minimum atomic E-state index is -0.977. The largest absolute Gasteiger partial charge is 0.386 e. The minimum Gasteiger partial charge on any atom is -0.386 e. The Kier molecular flexibility index (Phi) is 3.99. The van der Waals surface area contributed by atoms with Crippen molar-refractivity contribution in [3.05, 3.63) is 32.6 Å². The molecule has 2 aliphatic heterocycles. The fraction of sp³-hybridized carbons (Fsp3) is 0.750. The van der Waals surface area contributed by atoms with E-state index in [2.05, 4.69) is 30.7 Å². The van der Waals surface area contributed by atoms with E-state index < -0.39 is 35.3 Å². The van der Waals surface area contributed by atoms with Crippen molar-refractivity contribution in [2.45, 2.75) is 57.3 Å². The number of likely N-dealkylation sites (N-methyl/N-ethyl adjacent to an activating group) is 1. The second-order valence-electron chi connectivity index (χ2n) is 7.80. The Labute approximate surface area is 140 Å². The molecule has 0 spiro atoms. The molecule has 24 heavy (non-hydrogen) atoms. The van der Waals surface area contributed by atoms with E-state index in [9.17, 15) is 14.7 Å². The molecule has 2 N–H and O–H groups in total. The molecule has 0 aromatic carbocycles. The molecule has 0 unspecified atom stereocenters. The first kappa shape index (κ1) is 17.3. The SMILES string of the molecule is Cc1cn([C@@H]2O[C@@]3(CN(C)C(C)(C)C)CO[C@H]3[C@H]2O)c(=O)[nH]c1=O. The van der Waals surface area contributed by atoms with E-state index in [1.165, 1.54) is 10.8 Å². The number of nitrogens with zero attached hydrogens (tertiary/aromatic N) is 2. The first-order chi connectivity index (χ1) is 11.0. The Balaban J connectivity index is 1.90. The summed E-state index contributed by atoms with van der Waals surface area (Å²) in [6.07, 6.45) is -0.934. The first-order valence-electron chi connectivity index (χ1n) is 8.06. The summed E-state index contributed by atoms with van der Waals surface area (Å²) in [5, 5.41) is 10.6. The summed E-state index contributed by atoms with van der Waals surface area (Å²) in [5.74, 6) is 0. The molecular weight excluding hydrogens is 314 g/mol. The standard InChI is InChI=1S/C16H25N3O5/c1-9-6-19(14(22)17-12(9)21)13-10(20)11-16(24-13,8-23-11)7-18(5)15(2,3)4/h6,10-11,13,20H,7-8H2,1-5H3,(H,17,21,22)/t10-,11+,13-,16+/m1/s1. The van der Waals surface area contributed by atoms with Gasteiger partial charge in [0, 0.05) is 23.8 Å². The molecule has 3 heterocycles. The maximum Gasteiger partial charge on any atom is 0.330 e. The number of ether oxygens (including phenoxy) is 2. The van der Waals surface area contributed by atoms with Gasteiger partial charge in [-0.3, -0.25) is 19.2 Å². The van der Waals surface area contributed by atoms with Crippen molar-refractivity contribution in [2.24, 2.45) is 0 Å². The summed E-state index contributed by atoms with van der Waals surface area (Å²) < 4.78 is 12.9. The highest BCUT2D eigenvalue weighted by Crippen LogP contribution is 2.45. The fourth-order valence-electron chi connectivity index (χ4n) is 3.14. The highest BCUT2D eigenvalue weighted by Gasteiger charge is 2.63. The Bertz CT molecular complexity index is 749. The van der Waals surface area contributed by atoms with Crippen LogP contribution in [0, 0.1) is 6.92 Å². The van der Waals surface area contributed by atoms with Gasteiger partial charge in [0.1, 0.15) is 17.8 Å². The van der Waals surface area contributed by atoms with Crippen LogP contribution in [-0.2, 0) is 9.47 Å². The summed E-state index contributed by atoms with van der Waals surface area (Å²) >= 11 is 0. The Morgan fingerprint density at radius 2 is 2.12 bits per heavy atom. The minimum absolute atomic E-state index is 0.0628. The van der Waals surface area contributed by atoms with Crippen LogP contribution in [0.4, 0.5) is 0 Å². The number of hydrogen-bond acceptors (Lipinski definition) is 6. The van der Waals surface area contributed by atoms with Gasteiger partial charge in [-0.15, -0.1) is 0 Å². The van der Waals surface area contributed by atoms with Crippen LogP contribution in [0.25, 0.3) is 0 Å². The zero-order valence-corrected chi connectivity index (χ0v) is 14.7. The summed E-state index contributed by atoms with van der Waals surface area (Å²) in [5.41, 5.74) is -1.38. The summed E-state index contributed by atoms with van der Waals surface area (Å²) in [6.45, 7) is 8.82. The van der Waals surface area contributed by atoms with E-state index in [4.69, 9.17) is 9.47 Å². The molecule has 1 aromatic rings. The van der Waals surface area contributed by atoms with E-state index in [1.807, 2.05) is 7.05 Å². The molecule has 0 radical (unpaired) electrons. The lowest BCUT2D eigenvalue weighted by atomic mass is 9.88. The van der Waals surface area contributed by atoms with Crippen molar-refractivity contribution in [2.75, 3.05) is 20.2 Å². The second kappa shape index (κ2) is 5.52. The number of H-pyrrole nitrogens is 1. The van der Waals surface area contributed by atoms with Crippen LogP contribution >= 0.6 is 0 Å². The number of aliphatic hydroxyl groups excluding tert-OH is 1. The van der Waals surface area contributed by atoms with Crippen LogP contribution in [-0.4, -0.2) is 63.1 Å². The number of aromatic amines is 1. The van der Waals surface area contributed by atoms with Gasteiger partial charge >= 0.3 is 5.69 Å². The third-order valence-electron chi connectivity index (χ3n) is 5.05. The lowest BCUT2D eigenvalue weighted by Crippen LogP contribution is -2.65. The third-order valence-corrected chi connectivity index (χ3v) is 5.05. The molecule has 4 atom stereocenters. The molecule has 0 aliphatic carbocycles. The fourth-order valence-corrected chi connectivity index (χ4v) is 3.14. The van der Waals surface area contributed by atoms with Gasteiger partial charge in [0.25, 0.3) is 5.56 Å². The summed E-state index contributed by atoms with van der Waals surface area (Å²) in [4.78, 5) is 28.0. The number of aromatic nitrogens is 2. The van der Waals surface area contributed by atoms with Crippen molar-refractivity contribution in [3.8, 4) is 0 Å². The van der Waals surface area contributed by atoms with E-state index in [0.717, 1.165) is 0 Å². The topological polar surface area (TPSA) is 96.8 Å². The zero-order valence-electron chi connectivity index (χ0n) is 14.7. The van der Waals surface area contributed by atoms with Crippen LogP contribution in [0.3, 0.4) is 0 Å². The predicted octanol–water partition coefficient (Wildman–Crippen LogP) is -0.397. The molecule has 8 nitrogen and oxygen atoms in total. The monoisotopic (exact) mass is 339 g/mol. The molecule has 0 saturated carbocycles. The highest BCUT2D eigenvalue weighted by atomic mass is 16.7. The summed E-state index contributed by atoms with van der Waals surface area (Å²) in [6, 6.07) is 0. The summed E-state index contributed by atoms with van der Waals surface area (Å²) in [7, 11) is 1.99. The van der Waals surface area contributed by atoms with E-state index in [1.54, 1.807) is 6.92 Å². The van der Waals surface area contributed by atoms with E-state index in [0.29, 0.717) is 18.7 Å². The molecule has 134 valence electrons. The smallest absolute Gasteiger partial charge is 0.330 e. The van der Waals surface area contributed by atoms with Gasteiger partial charge in [0.05, 0.1) is 6.61 Å². The number of rotatable bonds is 3. The molecule has 3 rings (SSSR count).